The molecule has 0 fully saturated rings. The van der Waals surface area contributed by atoms with Crippen LogP contribution in [-0.2, 0) is 7.05 Å². The molecule has 152 valence electrons. The number of carbonyl (C=O) groups is 1. The topological polar surface area (TPSA) is 101 Å². The number of aryl methyl sites for hydroxylation is 1. The van der Waals surface area contributed by atoms with E-state index in [-0.39, 0.29) is 5.91 Å². The van der Waals surface area contributed by atoms with Gasteiger partial charge in [-0.3, -0.25) is 9.89 Å². The molecule has 1 amide bonds. The van der Waals surface area contributed by atoms with Crippen molar-refractivity contribution in [3.63, 3.8) is 0 Å². The zero-order valence-corrected chi connectivity index (χ0v) is 17.2. The number of anilines is 2. The van der Waals surface area contributed by atoms with Crippen molar-refractivity contribution in [2.75, 3.05) is 11.9 Å². The summed E-state index contributed by atoms with van der Waals surface area (Å²) < 4.78 is 1.69. The maximum Gasteiger partial charge on any atom is 0.251 e. The maximum absolute atomic E-state index is 11.9. The van der Waals surface area contributed by atoms with E-state index in [9.17, 15) is 4.79 Å². The predicted octanol–water partition coefficient (Wildman–Crippen LogP) is 3.88. The number of hydrogen-bond donors (Lipinski definition) is 3. The fourth-order valence-electron chi connectivity index (χ4n) is 3.35. The number of hydrogen-bond acceptors (Lipinski definition) is 5. The summed E-state index contributed by atoms with van der Waals surface area (Å²) in [5, 5.41) is 18.8. The van der Waals surface area contributed by atoms with Gasteiger partial charge in [0.25, 0.3) is 5.91 Å². The number of aromatic nitrogens is 5. The highest BCUT2D eigenvalue weighted by Crippen LogP contribution is 2.32. The molecular weight excluding hydrogens is 378 g/mol. The lowest BCUT2D eigenvalue weighted by atomic mass is 10.0. The van der Waals surface area contributed by atoms with E-state index in [1.54, 1.807) is 23.0 Å². The van der Waals surface area contributed by atoms with Gasteiger partial charge in [-0.05, 0) is 43.7 Å². The lowest BCUT2D eigenvalue weighted by Gasteiger charge is -2.12. The molecule has 0 saturated carbocycles. The molecule has 0 saturated heterocycles. The van der Waals surface area contributed by atoms with Crippen molar-refractivity contribution in [1.82, 2.24) is 30.3 Å². The quantitative estimate of drug-likeness (QED) is 0.455. The summed E-state index contributed by atoms with van der Waals surface area (Å²) in [6.45, 7) is 8.56. The number of aromatic amines is 1. The molecule has 8 nitrogen and oxygen atoms in total. The molecule has 4 rings (SSSR count). The Labute approximate surface area is 174 Å². The van der Waals surface area contributed by atoms with Gasteiger partial charge in [-0.2, -0.15) is 10.1 Å². The first kappa shape index (κ1) is 19.4. The van der Waals surface area contributed by atoms with Crippen LogP contribution >= 0.6 is 0 Å². The Hall–Kier alpha value is -3.94. The summed E-state index contributed by atoms with van der Waals surface area (Å²) in [5.74, 6) is 1.08. The van der Waals surface area contributed by atoms with Crippen LogP contribution in [0.3, 0.4) is 0 Å². The Balaban J connectivity index is 1.64. The molecule has 2 heterocycles. The highest BCUT2D eigenvalue weighted by atomic mass is 16.1. The van der Waals surface area contributed by atoms with Crippen LogP contribution in [0.4, 0.5) is 11.6 Å². The van der Waals surface area contributed by atoms with Crippen molar-refractivity contribution >= 4 is 34.0 Å². The van der Waals surface area contributed by atoms with Gasteiger partial charge in [-0.25, -0.2) is 4.68 Å². The first-order chi connectivity index (χ1) is 14.5. The van der Waals surface area contributed by atoms with Crippen molar-refractivity contribution in [2.45, 2.75) is 13.8 Å². The second-order valence-corrected chi connectivity index (χ2v) is 7.04. The van der Waals surface area contributed by atoms with Crippen LogP contribution in [0.2, 0.25) is 0 Å². The number of nitrogens with zero attached hydrogens (tertiary/aromatic N) is 4. The molecule has 0 unspecified atom stereocenters. The molecule has 2 aromatic carbocycles. The summed E-state index contributed by atoms with van der Waals surface area (Å²) in [6.07, 6.45) is 1.79. The monoisotopic (exact) mass is 401 g/mol. The SMILES string of the molecule is C=C(C)c1c(Nc2nc(-c3ccc(C(=O)NCC)cc3)nn2C)ccc2[nH]ncc12. The van der Waals surface area contributed by atoms with Gasteiger partial charge in [-0.1, -0.05) is 18.7 Å². The van der Waals surface area contributed by atoms with Crippen LogP contribution in [0.25, 0.3) is 27.9 Å². The molecule has 3 N–H and O–H groups in total. The lowest BCUT2D eigenvalue weighted by Crippen LogP contribution is -2.22. The van der Waals surface area contributed by atoms with Crippen molar-refractivity contribution in [1.29, 1.82) is 0 Å². The van der Waals surface area contributed by atoms with Crippen LogP contribution in [-0.4, -0.2) is 37.4 Å². The summed E-state index contributed by atoms with van der Waals surface area (Å²) in [5.41, 5.74) is 5.17. The second kappa shape index (κ2) is 7.82. The first-order valence-corrected chi connectivity index (χ1v) is 9.66. The normalized spacial score (nSPS) is 10.9. The molecular formula is C22H23N7O. The second-order valence-electron chi connectivity index (χ2n) is 7.04. The van der Waals surface area contributed by atoms with Crippen LogP contribution in [0.5, 0.6) is 0 Å². The van der Waals surface area contributed by atoms with Crippen LogP contribution in [0.15, 0.2) is 49.2 Å². The van der Waals surface area contributed by atoms with Crippen LogP contribution < -0.4 is 10.6 Å². The third-order valence-electron chi connectivity index (χ3n) is 4.80. The van der Waals surface area contributed by atoms with Gasteiger partial charge in [0, 0.05) is 41.4 Å². The van der Waals surface area contributed by atoms with E-state index >= 15 is 0 Å². The molecule has 2 aromatic heterocycles. The summed E-state index contributed by atoms with van der Waals surface area (Å²) in [4.78, 5) is 16.6. The number of rotatable bonds is 6. The molecule has 30 heavy (non-hydrogen) atoms. The molecule has 0 aliphatic heterocycles. The van der Waals surface area contributed by atoms with Gasteiger partial charge in [0.05, 0.1) is 11.7 Å². The number of H-pyrrole nitrogens is 1. The Morgan fingerprint density at radius 2 is 1.97 bits per heavy atom. The Bertz CT molecular complexity index is 1230. The highest BCUT2D eigenvalue weighted by molar-refractivity contribution is 5.97. The lowest BCUT2D eigenvalue weighted by molar-refractivity contribution is 0.0956. The summed E-state index contributed by atoms with van der Waals surface area (Å²) in [6, 6.07) is 11.2. The molecule has 0 spiro atoms. The third kappa shape index (κ3) is 3.55. The molecule has 0 radical (unpaired) electrons. The third-order valence-corrected chi connectivity index (χ3v) is 4.80. The molecule has 0 bridgehead atoms. The van der Waals surface area contributed by atoms with Crippen LogP contribution in [0, 0.1) is 0 Å². The van der Waals surface area contributed by atoms with E-state index < -0.39 is 0 Å². The van der Waals surface area contributed by atoms with Gasteiger partial charge in [0.1, 0.15) is 0 Å². The Kier molecular flexibility index (Phi) is 5.05. The highest BCUT2D eigenvalue weighted by Gasteiger charge is 2.15. The molecule has 8 heteroatoms. The van der Waals surface area contributed by atoms with Gasteiger partial charge in [0.2, 0.25) is 5.95 Å². The van der Waals surface area contributed by atoms with Crippen molar-refractivity contribution in [3.05, 3.63) is 60.3 Å². The fraction of sp³-hybridized carbons (Fsp3) is 0.182. The predicted molar refractivity (Wildman–Crippen MR) is 119 cm³/mol. The minimum atomic E-state index is -0.0950. The van der Waals surface area contributed by atoms with E-state index in [4.69, 9.17) is 0 Å². The number of carbonyl (C=O) groups excluding carboxylic acids is 1. The van der Waals surface area contributed by atoms with Gasteiger partial charge in [-0.15, -0.1) is 5.10 Å². The Morgan fingerprint density at radius 3 is 2.67 bits per heavy atom. The smallest absolute Gasteiger partial charge is 0.251 e. The van der Waals surface area contributed by atoms with E-state index in [2.05, 4.69) is 37.5 Å². The summed E-state index contributed by atoms with van der Waals surface area (Å²) >= 11 is 0. The minimum Gasteiger partial charge on any atom is -0.352 e. The number of fused-ring (bicyclic) bond motifs is 1. The Morgan fingerprint density at radius 1 is 1.20 bits per heavy atom. The number of allylic oxidation sites excluding steroid dienone is 1. The molecule has 0 aliphatic rings. The molecule has 4 aromatic rings. The van der Waals surface area contributed by atoms with Crippen molar-refractivity contribution in [3.8, 4) is 11.4 Å². The number of amides is 1. The average Bonchev–Trinajstić information content (AvgIpc) is 3.34. The van der Waals surface area contributed by atoms with Gasteiger partial charge in [0.15, 0.2) is 5.82 Å². The number of benzene rings is 2. The fourth-order valence-corrected chi connectivity index (χ4v) is 3.35. The number of nitrogens with one attached hydrogen (secondary N) is 3. The largest absolute Gasteiger partial charge is 0.352 e. The van der Waals surface area contributed by atoms with Crippen LogP contribution in [0.1, 0.15) is 29.8 Å². The van der Waals surface area contributed by atoms with E-state index in [0.29, 0.717) is 23.9 Å². The summed E-state index contributed by atoms with van der Waals surface area (Å²) in [7, 11) is 1.83. The molecule has 0 aliphatic carbocycles. The zero-order chi connectivity index (χ0) is 21.3. The van der Waals surface area contributed by atoms with E-state index in [0.717, 1.165) is 33.3 Å². The maximum atomic E-state index is 11.9. The standard InChI is InChI=1S/C22H23N7O/c1-5-23-21(30)15-8-6-14(7-9-15)20-26-22(29(4)28-20)25-18-11-10-17-16(12-24-27-17)19(18)13(2)3/h6-12H,2,5H2,1,3-4H3,(H,23,30)(H,24,27)(H,25,26,28). The van der Waals surface area contributed by atoms with Gasteiger partial charge < -0.3 is 10.6 Å². The minimum absolute atomic E-state index is 0.0950. The molecule has 0 atom stereocenters. The average molecular weight is 401 g/mol. The zero-order valence-electron chi connectivity index (χ0n) is 17.2. The van der Waals surface area contributed by atoms with Crippen molar-refractivity contribution < 1.29 is 4.79 Å². The first-order valence-electron chi connectivity index (χ1n) is 9.66. The van der Waals surface area contributed by atoms with E-state index in [1.165, 1.54) is 0 Å². The van der Waals surface area contributed by atoms with E-state index in [1.807, 2.05) is 45.2 Å². The van der Waals surface area contributed by atoms with Gasteiger partial charge >= 0.3 is 0 Å². The van der Waals surface area contributed by atoms with Crippen molar-refractivity contribution in [2.24, 2.45) is 7.05 Å².